The third kappa shape index (κ3) is 1.86. The second-order valence-electron chi connectivity index (χ2n) is 4.97. The maximum Gasteiger partial charge on any atom is 0.141 e. The Morgan fingerprint density at radius 1 is 1.39 bits per heavy atom. The van der Waals surface area contributed by atoms with Gasteiger partial charge in [0.15, 0.2) is 0 Å². The molecule has 1 aliphatic heterocycles. The molecule has 1 fully saturated rings. The zero-order valence-electron chi connectivity index (χ0n) is 10.7. The summed E-state index contributed by atoms with van der Waals surface area (Å²) < 4.78 is 2.03. The van der Waals surface area contributed by atoms with Gasteiger partial charge < -0.3 is 14.4 Å². The Morgan fingerprint density at radius 2 is 2.17 bits per heavy atom. The Kier molecular flexibility index (Phi) is 2.96. The molecule has 0 aromatic carbocycles. The molecule has 0 aliphatic carbocycles. The van der Waals surface area contributed by atoms with Crippen LogP contribution in [0.15, 0.2) is 24.5 Å². The molecule has 2 aromatic rings. The van der Waals surface area contributed by atoms with Crippen molar-refractivity contribution in [3.8, 4) is 5.75 Å². The molecule has 0 radical (unpaired) electrons. The predicted octanol–water partition coefficient (Wildman–Crippen LogP) is 2.24. The number of pyridine rings is 1. The number of nitrogens with zero attached hydrogens (tertiary/aromatic N) is 3. The topological polar surface area (TPSA) is 40.8 Å². The first-order valence-corrected chi connectivity index (χ1v) is 6.67. The summed E-state index contributed by atoms with van der Waals surface area (Å²) in [4.78, 5) is 6.99. The van der Waals surface area contributed by atoms with E-state index in [2.05, 4.69) is 16.8 Å². The van der Waals surface area contributed by atoms with E-state index in [-0.39, 0.29) is 0 Å². The highest BCUT2D eigenvalue weighted by atomic mass is 16.3. The van der Waals surface area contributed by atoms with Gasteiger partial charge in [-0.3, -0.25) is 0 Å². The van der Waals surface area contributed by atoms with E-state index >= 15 is 0 Å². The number of aromatic nitrogens is 2. The molecule has 2 aromatic heterocycles. The number of aromatic hydroxyl groups is 1. The number of imidazole rings is 1. The Hall–Kier alpha value is -1.55. The van der Waals surface area contributed by atoms with E-state index in [1.807, 2.05) is 16.7 Å². The van der Waals surface area contributed by atoms with Gasteiger partial charge in [-0.05, 0) is 44.6 Å². The quantitative estimate of drug-likeness (QED) is 0.882. The van der Waals surface area contributed by atoms with Gasteiger partial charge in [-0.1, -0.05) is 6.92 Å². The van der Waals surface area contributed by atoms with Crippen molar-refractivity contribution >= 4 is 5.52 Å². The van der Waals surface area contributed by atoms with Crippen molar-refractivity contribution in [1.29, 1.82) is 0 Å². The highest BCUT2D eigenvalue weighted by Crippen LogP contribution is 2.29. The molecule has 18 heavy (non-hydrogen) atoms. The minimum absolute atomic E-state index is 0.308. The number of hydrogen-bond acceptors (Lipinski definition) is 3. The van der Waals surface area contributed by atoms with Crippen LogP contribution < -0.4 is 0 Å². The van der Waals surface area contributed by atoms with E-state index in [1.54, 1.807) is 12.3 Å². The lowest BCUT2D eigenvalue weighted by molar-refractivity contribution is 0.219. The maximum atomic E-state index is 9.79. The molecule has 4 nitrogen and oxygen atoms in total. The summed E-state index contributed by atoms with van der Waals surface area (Å²) >= 11 is 0. The summed E-state index contributed by atoms with van der Waals surface area (Å²) in [5, 5.41) is 9.79. The number of piperidine rings is 1. The third-order valence-corrected chi connectivity index (χ3v) is 3.98. The Bertz CT molecular complexity index is 541. The van der Waals surface area contributed by atoms with Gasteiger partial charge in [0.05, 0.1) is 6.20 Å². The van der Waals surface area contributed by atoms with Gasteiger partial charge in [-0.15, -0.1) is 0 Å². The number of hydrogen-bond donors (Lipinski definition) is 1. The summed E-state index contributed by atoms with van der Waals surface area (Å²) in [5.41, 5.74) is 0.811. The highest BCUT2D eigenvalue weighted by Gasteiger charge is 2.23. The van der Waals surface area contributed by atoms with Gasteiger partial charge in [0, 0.05) is 12.1 Å². The second kappa shape index (κ2) is 4.61. The van der Waals surface area contributed by atoms with Crippen LogP contribution in [0.2, 0.25) is 0 Å². The van der Waals surface area contributed by atoms with Crippen molar-refractivity contribution in [3.63, 3.8) is 0 Å². The first-order chi connectivity index (χ1) is 8.79. The van der Waals surface area contributed by atoms with Crippen molar-refractivity contribution in [2.24, 2.45) is 0 Å². The fraction of sp³-hybridized carbons (Fsp3) is 0.500. The first-order valence-electron chi connectivity index (χ1n) is 6.67. The average molecular weight is 245 g/mol. The minimum atomic E-state index is 0.308. The van der Waals surface area contributed by atoms with E-state index in [0.717, 1.165) is 43.8 Å². The van der Waals surface area contributed by atoms with Crippen LogP contribution in [0.1, 0.15) is 31.5 Å². The molecule has 3 heterocycles. The molecule has 0 spiro atoms. The van der Waals surface area contributed by atoms with Crippen LogP contribution in [-0.2, 0) is 0 Å². The minimum Gasteiger partial charge on any atom is -0.506 e. The van der Waals surface area contributed by atoms with Crippen molar-refractivity contribution in [2.75, 3.05) is 19.6 Å². The van der Waals surface area contributed by atoms with Crippen LogP contribution in [0.3, 0.4) is 0 Å². The molecule has 0 unspecified atom stereocenters. The molecular weight excluding hydrogens is 226 g/mol. The average Bonchev–Trinajstić information content (AvgIpc) is 2.84. The van der Waals surface area contributed by atoms with Crippen LogP contribution >= 0.6 is 0 Å². The van der Waals surface area contributed by atoms with E-state index in [1.165, 1.54) is 0 Å². The summed E-state index contributed by atoms with van der Waals surface area (Å²) in [6, 6.07) is 3.58. The lowest BCUT2D eigenvalue weighted by Gasteiger charge is -2.30. The smallest absolute Gasteiger partial charge is 0.141 e. The van der Waals surface area contributed by atoms with Crippen molar-refractivity contribution in [1.82, 2.24) is 14.3 Å². The van der Waals surface area contributed by atoms with Gasteiger partial charge >= 0.3 is 0 Å². The van der Waals surface area contributed by atoms with Crippen molar-refractivity contribution in [2.45, 2.75) is 25.7 Å². The van der Waals surface area contributed by atoms with Crippen LogP contribution in [0.25, 0.3) is 5.52 Å². The Balaban J connectivity index is 1.89. The molecule has 0 bridgehead atoms. The number of fused-ring (bicyclic) bond motifs is 1. The fourth-order valence-corrected chi connectivity index (χ4v) is 2.84. The van der Waals surface area contributed by atoms with Crippen LogP contribution in [0.5, 0.6) is 5.75 Å². The molecule has 3 rings (SSSR count). The second-order valence-corrected chi connectivity index (χ2v) is 4.97. The Labute approximate surface area is 107 Å². The summed E-state index contributed by atoms with van der Waals surface area (Å²) in [6.07, 6.45) is 6.08. The number of likely N-dealkylation sites (tertiary alicyclic amines) is 1. The van der Waals surface area contributed by atoms with Gasteiger partial charge in [0.1, 0.15) is 17.1 Å². The fourth-order valence-electron chi connectivity index (χ4n) is 2.84. The van der Waals surface area contributed by atoms with E-state index < -0.39 is 0 Å². The molecule has 1 N–H and O–H groups in total. The molecule has 4 heteroatoms. The summed E-state index contributed by atoms with van der Waals surface area (Å²) in [7, 11) is 0. The largest absolute Gasteiger partial charge is 0.506 e. The third-order valence-electron chi connectivity index (χ3n) is 3.98. The molecule has 0 saturated carbocycles. The summed E-state index contributed by atoms with van der Waals surface area (Å²) in [5.74, 6) is 1.91. The summed E-state index contributed by atoms with van der Waals surface area (Å²) in [6.45, 7) is 5.64. The standard InChI is InChI=1S/C14H19N3O/c1-2-16-8-5-11(6-9-16)14-15-10-12-13(18)4-3-7-17(12)14/h3-4,7,10-11,18H,2,5-6,8-9H2,1H3. The zero-order valence-corrected chi connectivity index (χ0v) is 10.7. The monoisotopic (exact) mass is 245 g/mol. The molecule has 1 aliphatic rings. The lowest BCUT2D eigenvalue weighted by Crippen LogP contribution is -2.33. The van der Waals surface area contributed by atoms with Crippen molar-refractivity contribution in [3.05, 3.63) is 30.4 Å². The highest BCUT2D eigenvalue weighted by molar-refractivity contribution is 5.58. The van der Waals surface area contributed by atoms with Gasteiger partial charge in [0.25, 0.3) is 0 Å². The van der Waals surface area contributed by atoms with E-state index in [4.69, 9.17) is 0 Å². The molecular formula is C14H19N3O. The predicted molar refractivity (Wildman–Crippen MR) is 70.9 cm³/mol. The zero-order chi connectivity index (χ0) is 12.5. The first kappa shape index (κ1) is 11.5. The number of rotatable bonds is 2. The van der Waals surface area contributed by atoms with Gasteiger partial charge in [-0.2, -0.15) is 0 Å². The maximum absolute atomic E-state index is 9.79. The molecule has 0 amide bonds. The van der Waals surface area contributed by atoms with E-state index in [9.17, 15) is 5.11 Å². The van der Waals surface area contributed by atoms with Gasteiger partial charge in [0.2, 0.25) is 0 Å². The van der Waals surface area contributed by atoms with Crippen LogP contribution in [0, 0.1) is 0 Å². The normalized spacial score (nSPS) is 18.5. The van der Waals surface area contributed by atoms with Crippen molar-refractivity contribution < 1.29 is 5.11 Å². The van der Waals surface area contributed by atoms with Crippen LogP contribution in [0.4, 0.5) is 0 Å². The Morgan fingerprint density at radius 3 is 2.89 bits per heavy atom. The lowest BCUT2D eigenvalue weighted by atomic mass is 9.96. The van der Waals surface area contributed by atoms with E-state index in [0.29, 0.717) is 11.7 Å². The molecule has 0 atom stereocenters. The molecule has 96 valence electrons. The van der Waals surface area contributed by atoms with Gasteiger partial charge in [-0.25, -0.2) is 4.98 Å². The SMILES string of the molecule is CCN1CCC(c2ncc3c(O)cccn23)CC1. The van der Waals surface area contributed by atoms with Crippen LogP contribution in [-0.4, -0.2) is 39.0 Å². The molecule has 1 saturated heterocycles.